The first-order valence-electron chi connectivity index (χ1n) is 5.57. The molecule has 4 nitrogen and oxygen atoms in total. The van der Waals surface area contributed by atoms with Gasteiger partial charge in [-0.2, -0.15) is 11.3 Å². The van der Waals surface area contributed by atoms with Gasteiger partial charge in [0.05, 0.1) is 5.69 Å². The van der Waals surface area contributed by atoms with E-state index < -0.39 is 5.97 Å². The number of aromatic nitrogens is 1. The molecule has 0 aromatic carbocycles. The summed E-state index contributed by atoms with van der Waals surface area (Å²) in [6.07, 6.45) is 0.972. The highest BCUT2D eigenvalue weighted by atomic mass is 32.1. The number of hydrogen-bond donors (Lipinski definition) is 2. The molecule has 0 saturated heterocycles. The number of nitrogens with zero attached hydrogens (tertiary/aromatic N) is 1. The monoisotopic (exact) mass is 282 g/mol. The summed E-state index contributed by atoms with van der Waals surface area (Å²) in [6, 6.07) is 2.46. The summed E-state index contributed by atoms with van der Waals surface area (Å²) < 4.78 is 0. The van der Waals surface area contributed by atoms with Crippen molar-refractivity contribution in [1.29, 1.82) is 0 Å². The van der Waals surface area contributed by atoms with Crippen molar-refractivity contribution in [3.05, 3.63) is 38.5 Å². The highest BCUT2D eigenvalue weighted by molar-refractivity contribution is 7.11. The summed E-state index contributed by atoms with van der Waals surface area (Å²) >= 11 is 2.86. The highest BCUT2D eigenvalue weighted by Crippen LogP contribution is 2.11. The van der Waals surface area contributed by atoms with Crippen LogP contribution in [0, 0.1) is 0 Å². The molecule has 1 unspecified atom stereocenters. The van der Waals surface area contributed by atoms with Gasteiger partial charge in [0.25, 0.3) is 0 Å². The predicted octanol–water partition coefficient (Wildman–Crippen LogP) is 2.62. The van der Waals surface area contributed by atoms with Gasteiger partial charge in [-0.1, -0.05) is 0 Å². The molecule has 1 atom stereocenters. The first-order valence-corrected chi connectivity index (χ1v) is 7.39. The zero-order chi connectivity index (χ0) is 13.0. The molecule has 18 heavy (non-hydrogen) atoms. The van der Waals surface area contributed by atoms with Crippen molar-refractivity contribution in [1.82, 2.24) is 10.3 Å². The van der Waals surface area contributed by atoms with E-state index in [1.54, 1.807) is 16.7 Å². The third kappa shape index (κ3) is 3.63. The van der Waals surface area contributed by atoms with Crippen molar-refractivity contribution in [2.24, 2.45) is 0 Å². The van der Waals surface area contributed by atoms with Gasteiger partial charge in [0.2, 0.25) is 5.01 Å². The molecular formula is C12H14N2O2S2. The van der Waals surface area contributed by atoms with Crippen LogP contribution in [0.15, 0.2) is 22.2 Å². The van der Waals surface area contributed by atoms with E-state index in [2.05, 4.69) is 34.1 Å². The lowest BCUT2D eigenvalue weighted by Crippen LogP contribution is -2.27. The third-order valence-electron chi connectivity index (χ3n) is 2.49. The van der Waals surface area contributed by atoms with Crippen molar-refractivity contribution < 1.29 is 9.90 Å². The smallest absolute Gasteiger partial charge is 0.365 e. The van der Waals surface area contributed by atoms with Crippen molar-refractivity contribution in [3.63, 3.8) is 0 Å². The second kappa shape index (κ2) is 6.08. The molecule has 2 aromatic rings. The number of rotatable bonds is 6. The minimum atomic E-state index is -0.961. The average Bonchev–Trinajstić information content (AvgIpc) is 2.96. The van der Waals surface area contributed by atoms with Gasteiger partial charge < -0.3 is 10.4 Å². The minimum absolute atomic E-state index is 0.150. The Morgan fingerprint density at radius 2 is 2.39 bits per heavy atom. The second-order valence-electron chi connectivity index (χ2n) is 4.07. The largest absolute Gasteiger partial charge is 0.476 e. The van der Waals surface area contributed by atoms with E-state index >= 15 is 0 Å². The molecule has 0 saturated carbocycles. The second-order valence-corrected chi connectivity index (χ2v) is 5.70. The fourth-order valence-corrected chi connectivity index (χ4v) is 2.94. The number of thiophene rings is 1. The van der Waals surface area contributed by atoms with Crippen molar-refractivity contribution in [2.45, 2.75) is 25.9 Å². The van der Waals surface area contributed by atoms with Gasteiger partial charge in [-0.05, 0) is 35.7 Å². The molecule has 0 aliphatic heterocycles. The molecule has 0 fully saturated rings. The molecule has 2 heterocycles. The zero-order valence-corrected chi connectivity index (χ0v) is 11.6. The molecule has 0 bridgehead atoms. The lowest BCUT2D eigenvalue weighted by atomic mass is 10.1. The molecule has 0 radical (unpaired) electrons. The maximum Gasteiger partial charge on any atom is 0.365 e. The quantitative estimate of drug-likeness (QED) is 0.855. The van der Waals surface area contributed by atoms with Gasteiger partial charge in [-0.3, -0.25) is 0 Å². The molecule has 0 aliphatic rings. The number of thiazole rings is 1. The number of aromatic carboxylic acids is 1. The molecule has 0 amide bonds. The molecule has 0 spiro atoms. The van der Waals surface area contributed by atoms with Crippen LogP contribution in [0.2, 0.25) is 0 Å². The van der Waals surface area contributed by atoms with Crippen molar-refractivity contribution in [3.8, 4) is 0 Å². The van der Waals surface area contributed by atoms with E-state index in [0.717, 1.165) is 12.1 Å². The molecule has 96 valence electrons. The van der Waals surface area contributed by atoms with Gasteiger partial charge >= 0.3 is 5.97 Å². The van der Waals surface area contributed by atoms with Crippen LogP contribution >= 0.6 is 22.7 Å². The summed E-state index contributed by atoms with van der Waals surface area (Å²) in [6.45, 7) is 2.72. The molecule has 2 aromatic heterocycles. The van der Waals surface area contributed by atoms with Crippen LogP contribution in [0.4, 0.5) is 0 Å². The standard InChI is InChI=1S/C12H14N2O2S2/c1-8(4-9-2-3-17-6-9)13-5-10-7-18-11(14-10)12(15)16/h2-3,6-8,13H,4-5H2,1H3,(H,15,16). The number of nitrogens with one attached hydrogen (secondary N) is 1. The highest BCUT2D eigenvalue weighted by Gasteiger charge is 2.09. The molecular weight excluding hydrogens is 268 g/mol. The number of hydrogen-bond acceptors (Lipinski definition) is 5. The Bertz CT molecular complexity index is 508. The van der Waals surface area contributed by atoms with E-state index in [4.69, 9.17) is 5.11 Å². The first kappa shape index (κ1) is 13.2. The molecule has 2 N–H and O–H groups in total. The van der Waals surface area contributed by atoms with Gasteiger partial charge in [-0.15, -0.1) is 11.3 Å². The molecule has 0 aliphatic carbocycles. The summed E-state index contributed by atoms with van der Waals surface area (Å²) in [5, 5.41) is 18.3. The summed E-state index contributed by atoms with van der Waals surface area (Å²) in [5.41, 5.74) is 2.11. The fraction of sp³-hybridized carbons (Fsp3) is 0.333. The van der Waals surface area contributed by atoms with Gasteiger partial charge in [-0.25, -0.2) is 9.78 Å². The number of carboxylic acid groups (broad SMARTS) is 1. The number of carbonyl (C=O) groups is 1. The summed E-state index contributed by atoms with van der Waals surface area (Å²) in [5.74, 6) is -0.961. The minimum Gasteiger partial charge on any atom is -0.476 e. The third-order valence-corrected chi connectivity index (χ3v) is 4.10. The Labute approximate surface area is 113 Å². The zero-order valence-electron chi connectivity index (χ0n) is 9.92. The van der Waals surface area contributed by atoms with Gasteiger partial charge in [0.15, 0.2) is 0 Å². The Balaban J connectivity index is 1.81. The average molecular weight is 282 g/mol. The van der Waals surface area contributed by atoms with E-state index in [-0.39, 0.29) is 5.01 Å². The van der Waals surface area contributed by atoms with Gasteiger partial charge in [0.1, 0.15) is 0 Å². The Morgan fingerprint density at radius 3 is 3.00 bits per heavy atom. The summed E-state index contributed by atoms with van der Waals surface area (Å²) in [7, 11) is 0. The van der Waals surface area contributed by atoms with E-state index in [0.29, 0.717) is 12.6 Å². The first-order chi connectivity index (χ1) is 8.65. The summed E-state index contributed by atoms with van der Waals surface area (Å²) in [4.78, 5) is 14.7. The van der Waals surface area contributed by atoms with Crippen LogP contribution in [-0.4, -0.2) is 22.1 Å². The normalized spacial score (nSPS) is 12.5. The molecule has 2 rings (SSSR count). The predicted molar refractivity (Wildman–Crippen MR) is 73.4 cm³/mol. The lowest BCUT2D eigenvalue weighted by Gasteiger charge is -2.11. The topological polar surface area (TPSA) is 62.2 Å². The van der Waals surface area contributed by atoms with E-state index in [1.165, 1.54) is 16.9 Å². The Morgan fingerprint density at radius 1 is 1.56 bits per heavy atom. The van der Waals surface area contributed by atoms with Crippen LogP contribution in [0.25, 0.3) is 0 Å². The van der Waals surface area contributed by atoms with Crippen molar-refractivity contribution in [2.75, 3.05) is 0 Å². The fourth-order valence-electron chi connectivity index (χ4n) is 1.60. The molecule has 6 heteroatoms. The Hall–Kier alpha value is -1.24. The van der Waals surface area contributed by atoms with Gasteiger partial charge in [0, 0.05) is 18.0 Å². The SMILES string of the molecule is CC(Cc1ccsc1)NCc1csc(C(=O)O)n1. The van der Waals surface area contributed by atoms with Crippen LogP contribution in [0.3, 0.4) is 0 Å². The van der Waals surface area contributed by atoms with Crippen LogP contribution in [-0.2, 0) is 13.0 Å². The lowest BCUT2D eigenvalue weighted by molar-refractivity contribution is 0.0696. The van der Waals surface area contributed by atoms with Crippen LogP contribution in [0.1, 0.15) is 28.0 Å². The maximum atomic E-state index is 10.7. The van der Waals surface area contributed by atoms with E-state index in [9.17, 15) is 4.79 Å². The van der Waals surface area contributed by atoms with E-state index in [1.807, 2.05) is 0 Å². The van der Waals surface area contributed by atoms with Crippen molar-refractivity contribution >= 4 is 28.6 Å². The Kier molecular flexibility index (Phi) is 4.46. The number of carboxylic acids is 1. The van der Waals surface area contributed by atoms with Crippen LogP contribution in [0.5, 0.6) is 0 Å². The van der Waals surface area contributed by atoms with Crippen LogP contribution < -0.4 is 5.32 Å². The maximum absolute atomic E-state index is 10.7.